The maximum atomic E-state index is 12.3. The van der Waals surface area contributed by atoms with Gasteiger partial charge in [-0.2, -0.15) is 4.98 Å². The molecule has 1 heterocycles. The molecule has 32 heavy (non-hydrogen) atoms. The van der Waals surface area contributed by atoms with Gasteiger partial charge in [0.2, 0.25) is 11.9 Å². The number of amides is 1. The lowest BCUT2D eigenvalue weighted by Gasteiger charge is -2.30. The molecule has 1 aliphatic rings. The Hall–Kier alpha value is -2.80. The van der Waals surface area contributed by atoms with E-state index in [1.54, 1.807) is 11.8 Å². The number of carbonyl (C=O) groups excluding carboxylic acids is 1. The lowest BCUT2D eigenvalue weighted by molar-refractivity contribution is -0.119. The topological polar surface area (TPSA) is 70.2 Å². The van der Waals surface area contributed by atoms with Gasteiger partial charge in [-0.3, -0.25) is 4.79 Å². The Morgan fingerprint density at radius 3 is 2.41 bits per heavy atom. The van der Waals surface area contributed by atoms with Gasteiger partial charge in [-0.25, -0.2) is 4.98 Å². The summed E-state index contributed by atoms with van der Waals surface area (Å²) >= 11 is 1.66. The number of para-hydroxylation sites is 1. The van der Waals surface area contributed by atoms with E-state index >= 15 is 0 Å². The monoisotopic (exact) mass is 449 g/mol. The molecule has 3 aromatic rings. The summed E-state index contributed by atoms with van der Waals surface area (Å²) in [6.07, 6.45) is 3.94. The van der Waals surface area contributed by atoms with Crippen LogP contribution in [0.5, 0.6) is 0 Å². The number of fused-ring (bicyclic) bond motifs is 1. The van der Waals surface area contributed by atoms with Crippen LogP contribution in [0.1, 0.15) is 31.2 Å². The third kappa shape index (κ3) is 5.91. The first-order valence-corrected chi connectivity index (χ1v) is 12.4. The minimum atomic E-state index is 0.135. The summed E-state index contributed by atoms with van der Waals surface area (Å²) in [5, 5.41) is 7.80. The molecule has 7 heteroatoms. The standard InChI is InChI=1S/C25H31N5OS/c1-30(2)24-21-10-6-7-11-22(21)28-25(29-24)27-20-14-12-19(13-15-20)26-23(31)17-32-16-18-8-4-3-5-9-18/h3-11,19-20H,12-17H2,1-2H3,(H,26,31)(H,27,28,29)/t19-,20+. The third-order valence-corrected chi connectivity index (χ3v) is 6.78. The fourth-order valence-electron chi connectivity index (χ4n) is 4.14. The highest BCUT2D eigenvalue weighted by Gasteiger charge is 2.23. The van der Waals surface area contributed by atoms with Crippen molar-refractivity contribution in [3.8, 4) is 0 Å². The van der Waals surface area contributed by atoms with E-state index in [0.717, 1.165) is 48.2 Å². The lowest BCUT2D eigenvalue weighted by atomic mass is 9.91. The summed E-state index contributed by atoms with van der Waals surface area (Å²) in [5.74, 6) is 3.11. The molecule has 4 rings (SSSR count). The fourth-order valence-corrected chi connectivity index (χ4v) is 4.93. The minimum Gasteiger partial charge on any atom is -0.362 e. The highest BCUT2D eigenvalue weighted by Crippen LogP contribution is 2.26. The second kappa shape index (κ2) is 10.7. The van der Waals surface area contributed by atoms with Crippen LogP contribution in [0.2, 0.25) is 0 Å². The SMILES string of the molecule is CN(C)c1nc(N[C@H]2CC[C@@H](NC(=O)CSCc3ccccc3)CC2)nc2ccccc12. The first kappa shape index (κ1) is 22.4. The highest BCUT2D eigenvalue weighted by molar-refractivity contribution is 7.99. The molecule has 0 bridgehead atoms. The quantitative estimate of drug-likeness (QED) is 0.529. The van der Waals surface area contributed by atoms with Crippen LogP contribution < -0.4 is 15.5 Å². The Balaban J connectivity index is 1.25. The molecule has 1 aliphatic carbocycles. The predicted octanol–water partition coefficient (Wildman–Crippen LogP) is 4.47. The zero-order valence-corrected chi connectivity index (χ0v) is 19.6. The number of carbonyl (C=O) groups is 1. The average Bonchev–Trinajstić information content (AvgIpc) is 2.80. The first-order valence-electron chi connectivity index (χ1n) is 11.2. The molecule has 0 spiro atoms. The summed E-state index contributed by atoms with van der Waals surface area (Å²) in [5.41, 5.74) is 2.20. The number of aromatic nitrogens is 2. The Morgan fingerprint density at radius 1 is 0.969 bits per heavy atom. The zero-order chi connectivity index (χ0) is 22.3. The van der Waals surface area contributed by atoms with Gasteiger partial charge in [-0.05, 0) is 43.4 Å². The van der Waals surface area contributed by atoms with E-state index in [1.807, 2.05) is 55.4 Å². The van der Waals surface area contributed by atoms with Gasteiger partial charge in [0, 0.05) is 37.3 Å². The zero-order valence-electron chi connectivity index (χ0n) is 18.8. The molecule has 168 valence electrons. The van der Waals surface area contributed by atoms with Crippen LogP contribution in [0.3, 0.4) is 0 Å². The number of hydrogen-bond donors (Lipinski definition) is 2. The number of hydrogen-bond acceptors (Lipinski definition) is 6. The number of nitrogens with one attached hydrogen (secondary N) is 2. The Bertz CT molecular complexity index is 1030. The van der Waals surface area contributed by atoms with Crippen molar-refractivity contribution in [2.45, 2.75) is 43.5 Å². The molecule has 1 aromatic heterocycles. The third-order valence-electron chi connectivity index (χ3n) is 5.78. The predicted molar refractivity (Wildman–Crippen MR) is 134 cm³/mol. The fraction of sp³-hybridized carbons (Fsp3) is 0.400. The van der Waals surface area contributed by atoms with Crippen molar-refractivity contribution >= 4 is 40.3 Å². The second-order valence-electron chi connectivity index (χ2n) is 8.52. The van der Waals surface area contributed by atoms with Crippen LogP contribution in [0.25, 0.3) is 10.9 Å². The van der Waals surface area contributed by atoms with Gasteiger partial charge >= 0.3 is 0 Å². The van der Waals surface area contributed by atoms with Crippen molar-refractivity contribution in [1.82, 2.24) is 15.3 Å². The largest absolute Gasteiger partial charge is 0.362 e. The summed E-state index contributed by atoms with van der Waals surface area (Å²) in [6, 6.07) is 19.0. The molecule has 0 atom stereocenters. The minimum absolute atomic E-state index is 0.135. The van der Waals surface area contributed by atoms with Crippen molar-refractivity contribution < 1.29 is 4.79 Å². The van der Waals surface area contributed by atoms with E-state index in [9.17, 15) is 4.79 Å². The van der Waals surface area contributed by atoms with Gasteiger partial charge < -0.3 is 15.5 Å². The van der Waals surface area contributed by atoms with E-state index in [2.05, 4.69) is 28.8 Å². The molecular formula is C25H31N5OS. The highest BCUT2D eigenvalue weighted by atomic mass is 32.2. The maximum absolute atomic E-state index is 12.3. The molecule has 0 unspecified atom stereocenters. The second-order valence-corrected chi connectivity index (χ2v) is 9.51. The number of benzene rings is 2. The van der Waals surface area contributed by atoms with Crippen LogP contribution >= 0.6 is 11.8 Å². The Kier molecular flexibility index (Phi) is 7.47. The molecule has 2 aromatic carbocycles. The summed E-state index contributed by atoms with van der Waals surface area (Å²) in [4.78, 5) is 23.8. The number of nitrogens with zero attached hydrogens (tertiary/aromatic N) is 3. The van der Waals surface area contributed by atoms with Crippen LogP contribution in [0.4, 0.5) is 11.8 Å². The molecule has 0 saturated heterocycles. The maximum Gasteiger partial charge on any atom is 0.230 e. The summed E-state index contributed by atoms with van der Waals surface area (Å²) in [6.45, 7) is 0. The normalized spacial score (nSPS) is 18.3. The number of anilines is 2. The molecule has 2 N–H and O–H groups in total. The molecule has 0 radical (unpaired) electrons. The molecule has 1 fully saturated rings. The van der Waals surface area contributed by atoms with E-state index in [1.165, 1.54) is 5.56 Å². The van der Waals surface area contributed by atoms with Crippen LogP contribution in [-0.2, 0) is 10.5 Å². The van der Waals surface area contributed by atoms with E-state index in [-0.39, 0.29) is 11.9 Å². The van der Waals surface area contributed by atoms with E-state index < -0.39 is 0 Å². The van der Waals surface area contributed by atoms with Crippen molar-refractivity contribution in [3.63, 3.8) is 0 Å². The van der Waals surface area contributed by atoms with Crippen LogP contribution in [0.15, 0.2) is 54.6 Å². The Morgan fingerprint density at radius 2 is 1.66 bits per heavy atom. The van der Waals surface area contributed by atoms with Gasteiger partial charge in [0.1, 0.15) is 5.82 Å². The molecule has 1 amide bonds. The smallest absolute Gasteiger partial charge is 0.230 e. The molecular weight excluding hydrogens is 418 g/mol. The average molecular weight is 450 g/mol. The van der Waals surface area contributed by atoms with Crippen molar-refractivity contribution in [3.05, 3.63) is 60.2 Å². The van der Waals surface area contributed by atoms with E-state index in [0.29, 0.717) is 17.7 Å². The van der Waals surface area contributed by atoms with Crippen LogP contribution in [0, 0.1) is 0 Å². The summed E-state index contributed by atoms with van der Waals surface area (Å²) in [7, 11) is 4.01. The first-order chi connectivity index (χ1) is 15.6. The van der Waals surface area contributed by atoms with Crippen molar-refractivity contribution in [1.29, 1.82) is 0 Å². The van der Waals surface area contributed by atoms with E-state index in [4.69, 9.17) is 9.97 Å². The lowest BCUT2D eigenvalue weighted by Crippen LogP contribution is -2.41. The number of rotatable bonds is 8. The van der Waals surface area contributed by atoms with Crippen molar-refractivity contribution in [2.24, 2.45) is 0 Å². The van der Waals surface area contributed by atoms with Gasteiger partial charge in [-0.1, -0.05) is 42.5 Å². The molecule has 1 saturated carbocycles. The van der Waals surface area contributed by atoms with Gasteiger partial charge in [0.15, 0.2) is 0 Å². The molecule has 6 nitrogen and oxygen atoms in total. The summed E-state index contributed by atoms with van der Waals surface area (Å²) < 4.78 is 0. The number of thioether (sulfide) groups is 1. The molecule has 0 aliphatic heterocycles. The van der Waals surface area contributed by atoms with Gasteiger partial charge in [-0.15, -0.1) is 11.8 Å². The van der Waals surface area contributed by atoms with Crippen molar-refractivity contribution in [2.75, 3.05) is 30.1 Å². The van der Waals surface area contributed by atoms with Gasteiger partial charge in [0.25, 0.3) is 0 Å². The van der Waals surface area contributed by atoms with Gasteiger partial charge in [0.05, 0.1) is 11.3 Å². The Labute approximate surface area is 194 Å². The van der Waals surface area contributed by atoms with Crippen LogP contribution in [-0.4, -0.2) is 47.8 Å².